The van der Waals surface area contributed by atoms with Gasteiger partial charge < -0.3 is 16.2 Å². The van der Waals surface area contributed by atoms with Crippen molar-refractivity contribution in [3.05, 3.63) is 52.2 Å². The second kappa shape index (κ2) is 9.19. The first-order valence-corrected chi connectivity index (χ1v) is 7.37. The maximum absolute atomic E-state index is 12.2. The van der Waals surface area contributed by atoms with E-state index in [1.807, 2.05) is 0 Å². The van der Waals surface area contributed by atoms with Gasteiger partial charge in [0.15, 0.2) is 11.0 Å². The van der Waals surface area contributed by atoms with Crippen LogP contribution in [-0.4, -0.2) is 34.9 Å². The number of alkyl halides is 3. The topological polar surface area (TPSA) is 101 Å². The van der Waals surface area contributed by atoms with Gasteiger partial charge in [0, 0.05) is 7.05 Å². The molecule has 1 aromatic heterocycles. The van der Waals surface area contributed by atoms with Gasteiger partial charge >= 0.3 is 12.1 Å². The lowest BCUT2D eigenvalue weighted by Crippen LogP contribution is -2.07. The number of benzene rings is 1. The molecule has 4 N–H and O–H groups in total. The van der Waals surface area contributed by atoms with Gasteiger partial charge in [-0.25, -0.2) is 4.79 Å². The normalized spacial score (nSPS) is 10.6. The number of aromatic carboxylic acids is 1. The summed E-state index contributed by atoms with van der Waals surface area (Å²) in [5.41, 5.74) is 5.26. The third kappa shape index (κ3) is 6.55. The highest BCUT2D eigenvalue weighted by molar-refractivity contribution is 6.29. The number of carboxylic acids is 1. The number of hydrogen-bond acceptors (Lipinski definition) is 5. The lowest BCUT2D eigenvalue weighted by atomic mass is 10.1. The highest BCUT2D eigenvalue weighted by Gasteiger charge is 2.30. The van der Waals surface area contributed by atoms with Crippen molar-refractivity contribution >= 4 is 23.4 Å². The fraction of sp³-hybridized carbons (Fsp3) is 0.267. The van der Waals surface area contributed by atoms with Crippen LogP contribution in [0.25, 0.3) is 0 Å². The molecule has 136 valence electrons. The van der Waals surface area contributed by atoms with Crippen LogP contribution in [0.3, 0.4) is 0 Å². The first kappa shape index (κ1) is 20.7. The van der Waals surface area contributed by atoms with Gasteiger partial charge in [-0.05, 0) is 30.7 Å². The monoisotopic (exact) mass is 376 g/mol. The van der Waals surface area contributed by atoms with E-state index in [4.69, 9.17) is 22.4 Å². The number of rotatable bonds is 4. The first-order valence-electron chi connectivity index (χ1n) is 6.99. The van der Waals surface area contributed by atoms with E-state index in [2.05, 4.69) is 15.5 Å². The van der Waals surface area contributed by atoms with Crippen molar-refractivity contribution in [1.29, 1.82) is 0 Å². The molecule has 2 rings (SSSR count). The lowest BCUT2D eigenvalue weighted by molar-refractivity contribution is -0.137. The Labute approximate surface area is 146 Å². The van der Waals surface area contributed by atoms with Crippen molar-refractivity contribution in [2.45, 2.75) is 12.6 Å². The Kier molecular flexibility index (Phi) is 7.59. The molecule has 1 aromatic carbocycles. The van der Waals surface area contributed by atoms with Crippen LogP contribution in [-0.2, 0) is 12.6 Å². The molecule has 0 aliphatic rings. The van der Waals surface area contributed by atoms with Gasteiger partial charge in [0.2, 0.25) is 0 Å². The van der Waals surface area contributed by atoms with E-state index in [1.54, 1.807) is 13.1 Å². The lowest BCUT2D eigenvalue weighted by Gasteiger charge is -2.07. The quantitative estimate of drug-likeness (QED) is 0.758. The molecule has 0 saturated carbocycles. The van der Waals surface area contributed by atoms with Crippen molar-refractivity contribution in [3.63, 3.8) is 0 Å². The minimum absolute atomic E-state index is 0.0116. The number of hydrogen-bond donors (Lipinski definition) is 3. The summed E-state index contributed by atoms with van der Waals surface area (Å²) in [5, 5.41) is 18.3. The van der Waals surface area contributed by atoms with Gasteiger partial charge in [-0.3, -0.25) is 0 Å². The van der Waals surface area contributed by atoms with Crippen LogP contribution >= 0.6 is 11.6 Å². The van der Waals surface area contributed by atoms with Crippen molar-refractivity contribution in [3.8, 4) is 0 Å². The third-order valence-corrected chi connectivity index (χ3v) is 3.10. The standard InChI is InChI=1S/C9H10F3N.C6H6ClN3O2/c10-9(11,12)8-3-1-2-7(6-8)4-5-13;1-8-5-3(6(11)12)2-4(7)9-10-5/h1-3,6H,4-5,13H2;2H,1H3,(H,8,10)(H,11,12). The fourth-order valence-corrected chi connectivity index (χ4v) is 1.93. The minimum atomic E-state index is -4.26. The molecule has 2 aromatic rings. The maximum Gasteiger partial charge on any atom is 0.416 e. The van der Waals surface area contributed by atoms with Crippen molar-refractivity contribution in [2.75, 3.05) is 18.9 Å². The van der Waals surface area contributed by atoms with Crippen LogP contribution in [0.1, 0.15) is 21.5 Å². The summed E-state index contributed by atoms with van der Waals surface area (Å²) in [6.45, 7) is 0.362. The minimum Gasteiger partial charge on any atom is -0.478 e. The molecule has 10 heteroatoms. The number of halogens is 4. The smallest absolute Gasteiger partial charge is 0.416 e. The van der Waals surface area contributed by atoms with E-state index in [-0.39, 0.29) is 16.5 Å². The Bertz CT molecular complexity index is 726. The second-order valence-electron chi connectivity index (χ2n) is 4.72. The number of carboxylic acid groups (broad SMARTS) is 1. The highest BCUT2D eigenvalue weighted by Crippen LogP contribution is 2.29. The fourth-order valence-electron chi connectivity index (χ4n) is 1.79. The van der Waals surface area contributed by atoms with E-state index < -0.39 is 17.7 Å². The maximum atomic E-state index is 12.2. The molecule has 0 amide bonds. The van der Waals surface area contributed by atoms with Gasteiger partial charge in [0.05, 0.1) is 5.56 Å². The molecule has 1 heterocycles. The summed E-state index contributed by atoms with van der Waals surface area (Å²) in [6, 6.07) is 6.46. The molecule has 0 saturated heterocycles. The van der Waals surface area contributed by atoms with Crippen LogP contribution in [0, 0.1) is 0 Å². The van der Waals surface area contributed by atoms with Gasteiger partial charge in [0.25, 0.3) is 0 Å². The van der Waals surface area contributed by atoms with E-state index in [1.165, 1.54) is 12.1 Å². The number of nitrogens with zero attached hydrogens (tertiary/aromatic N) is 2. The summed E-state index contributed by atoms with van der Waals surface area (Å²) >= 11 is 5.45. The Morgan fingerprint density at radius 1 is 1.32 bits per heavy atom. The van der Waals surface area contributed by atoms with Crippen LogP contribution < -0.4 is 11.1 Å². The van der Waals surface area contributed by atoms with Crippen LogP contribution in [0.2, 0.25) is 5.15 Å². The molecule has 25 heavy (non-hydrogen) atoms. The zero-order valence-corrected chi connectivity index (χ0v) is 13.9. The van der Waals surface area contributed by atoms with E-state index in [0.29, 0.717) is 18.5 Å². The first-order chi connectivity index (χ1) is 11.7. The summed E-state index contributed by atoms with van der Waals surface area (Å²) < 4.78 is 36.5. The van der Waals surface area contributed by atoms with E-state index in [9.17, 15) is 18.0 Å². The van der Waals surface area contributed by atoms with Crippen molar-refractivity contribution in [2.24, 2.45) is 5.73 Å². The van der Waals surface area contributed by atoms with Crippen LogP contribution in [0.4, 0.5) is 19.0 Å². The molecule has 0 aliphatic carbocycles. The molecule has 0 fully saturated rings. The van der Waals surface area contributed by atoms with Crippen molar-refractivity contribution in [1.82, 2.24) is 10.2 Å². The average molecular weight is 377 g/mol. The largest absolute Gasteiger partial charge is 0.478 e. The molecular formula is C15H16ClF3N4O2. The number of nitrogens with one attached hydrogen (secondary N) is 1. The number of anilines is 1. The molecule has 0 aliphatic heterocycles. The van der Waals surface area contributed by atoms with E-state index >= 15 is 0 Å². The molecule has 0 unspecified atom stereocenters. The molecular weight excluding hydrogens is 361 g/mol. The van der Waals surface area contributed by atoms with Crippen LogP contribution in [0.15, 0.2) is 30.3 Å². The number of nitrogens with two attached hydrogens (primary N) is 1. The summed E-state index contributed by atoms with van der Waals surface area (Å²) in [4.78, 5) is 10.6. The third-order valence-electron chi connectivity index (χ3n) is 2.92. The summed E-state index contributed by atoms with van der Waals surface area (Å²) in [6.07, 6.45) is -3.78. The Morgan fingerprint density at radius 3 is 2.52 bits per heavy atom. The van der Waals surface area contributed by atoms with Gasteiger partial charge in [-0.2, -0.15) is 13.2 Å². The van der Waals surface area contributed by atoms with Gasteiger partial charge in [-0.1, -0.05) is 29.8 Å². The van der Waals surface area contributed by atoms with E-state index in [0.717, 1.165) is 12.1 Å². The van der Waals surface area contributed by atoms with Gasteiger partial charge in [0.1, 0.15) is 5.56 Å². The summed E-state index contributed by atoms with van der Waals surface area (Å²) in [7, 11) is 1.56. The highest BCUT2D eigenvalue weighted by atomic mass is 35.5. The second-order valence-corrected chi connectivity index (χ2v) is 5.11. The molecule has 0 atom stereocenters. The van der Waals surface area contributed by atoms with Crippen LogP contribution in [0.5, 0.6) is 0 Å². The predicted octanol–water partition coefficient (Wildman–Crippen LogP) is 3.08. The number of aromatic nitrogens is 2. The molecule has 0 bridgehead atoms. The van der Waals surface area contributed by atoms with Gasteiger partial charge in [-0.15, -0.1) is 10.2 Å². The Hall–Kier alpha value is -2.39. The molecule has 6 nitrogen and oxygen atoms in total. The zero-order chi connectivity index (χ0) is 19.0. The summed E-state index contributed by atoms with van der Waals surface area (Å²) in [5.74, 6) is -0.886. The Balaban J connectivity index is 0.000000251. The Morgan fingerprint density at radius 2 is 2.00 bits per heavy atom. The number of carbonyl (C=O) groups is 1. The van der Waals surface area contributed by atoms with Crippen molar-refractivity contribution < 1.29 is 23.1 Å². The predicted molar refractivity (Wildman–Crippen MR) is 87.8 cm³/mol. The molecule has 0 radical (unpaired) electrons. The average Bonchev–Trinajstić information content (AvgIpc) is 2.55. The molecule has 0 spiro atoms. The zero-order valence-electron chi connectivity index (χ0n) is 13.1. The SMILES string of the molecule is CNc1nnc(Cl)cc1C(=O)O.NCCc1cccc(C(F)(F)F)c1.